The molecule has 1 saturated carbocycles. The van der Waals surface area contributed by atoms with Crippen LogP contribution in [-0.2, 0) is 7.05 Å². The summed E-state index contributed by atoms with van der Waals surface area (Å²) in [6, 6.07) is 0.323. The Morgan fingerprint density at radius 3 is 2.83 bits per heavy atom. The van der Waals surface area contributed by atoms with E-state index < -0.39 is 0 Å². The van der Waals surface area contributed by atoms with Crippen LogP contribution in [0.2, 0.25) is 0 Å². The normalized spacial score (nSPS) is 16.8. The minimum atomic E-state index is 0.323. The Balaban J connectivity index is 1.85. The van der Waals surface area contributed by atoms with Crippen LogP contribution in [-0.4, -0.2) is 14.8 Å². The fourth-order valence-electron chi connectivity index (χ4n) is 2.03. The molecule has 3 rings (SSSR count). The number of hydrogen-bond acceptors (Lipinski definition) is 4. The highest BCUT2D eigenvalue weighted by atomic mass is 79.9. The summed E-state index contributed by atoms with van der Waals surface area (Å²) in [5, 5.41) is 11.1. The lowest BCUT2D eigenvalue weighted by atomic mass is 10.2. The number of thiazole rings is 1. The number of halogens is 1. The van der Waals surface area contributed by atoms with Gasteiger partial charge < -0.3 is 5.32 Å². The second-order valence-electron chi connectivity index (χ2n) is 4.74. The van der Waals surface area contributed by atoms with Crippen molar-refractivity contribution in [1.29, 1.82) is 0 Å². The minimum absolute atomic E-state index is 0.323. The van der Waals surface area contributed by atoms with Gasteiger partial charge in [-0.2, -0.15) is 5.10 Å². The van der Waals surface area contributed by atoms with Crippen molar-refractivity contribution >= 4 is 33.0 Å². The van der Waals surface area contributed by atoms with E-state index in [1.807, 2.05) is 23.3 Å². The summed E-state index contributed by atoms with van der Waals surface area (Å²) in [6.45, 7) is 2.08. The summed E-state index contributed by atoms with van der Waals surface area (Å²) in [4.78, 5) is 4.55. The number of rotatable bonds is 4. The van der Waals surface area contributed by atoms with E-state index in [4.69, 9.17) is 0 Å². The maximum Gasteiger partial charge on any atom is 0.117 e. The molecule has 0 aromatic carbocycles. The van der Waals surface area contributed by atoms with E-state index in [0.717, 1.165) is 21.0 Å². The quantitative estimate of drug-likeness (QED) is 0.934. The van der Waals surface area contributed by atoms with Crippen LogP contribution in [0.3, 0.4) is 0 Å². The molecule has 6 heteroatoms. The highest BCUT2D eigenvalue weighted by Gasteiger charge is 2.34. The zero-order valence-electron chi connectivity index (χ0n) is 10.4. The van der Waals surface area contributed by atoms with Crippen LogP contribution in [0.1, 0.15) is 29.6 Å². The molecule has 0 saturated heterocycles. The van der Waals surface area contributed by atoms with Crippen LogP contribution in [0, 0.1) is 12.8 Å². The second-order valence-corrected chi connectivity index (χ2v) is 6.44. The van der Waals surface area contributed by atoms with Crippen LogP contribution >= 0.6 is 27.3 Å². The molecule has 1 unspecified atom stereocenters. The summed E-state index contributed by atoms with van der Waals surface area (Å²) in [5.41, 5.74) is 2.27. The van der Waals surface area contributed by atoms with E-state index in [0.29, 0.717) is 12.0 Å². The molecule has 2 heterocycles. The van der Waals surface area contributed by atoms with Gasteiger partial charge in [0, 0.05) is 12.4 Å². The highest BCUT2D eigenvalue weighted by Crippen LogP contribution is 2.44. The molecule has 1 fully saturated rings. The summed E-state index contributed by atoms with van der Waals surface area (Å²) in [7, 11) is 1.96. The lowest BCUT2D eigenvalue weighted by Crippen LogP contribution is -2.13. The topological polar surface area (TPSA) is 42.7 Å². The van der Waals surface area contributed by atoms with Gasteiger partial charge in [-0.15, -0.1) is 11.3 Å². The Morgan fingerprint density at radius 2 is 2.33 bits per heavy atom. The summed E-state index contributed by atoms with van der Waals surface area (Å²) < 4.78 is 2.82. The molecule has 2 aromatic heterocycles. The van der Waals surface area contributed by atoms with Gasteiger partial charge in [-0.05, 0) is 41.6 Å². The second kappa shape index (κ2) is 4.66. The van der Waals surface area contributed by atoms with Crippen molar-refractivity contribution in [2.75, 3.05) is 5.32 Å². The molecule has 0 aliphatic heterocycles. The number of nitrogens with one attached hydrogen (secondary N) is 1. The van der Waals surface area contributed by atoms with Gasteiger partial charge in [-0.3, -0.25) is 4.68 Å². The third kappa shape index (κ3) is 2.31. The Morgan fingerprint density at radius 1 is 1.56 bits per heavy atom. The van der Waals surface area contributed by atoms with Gasteiger partial charge in [0.2, 0.25) is 0 Å². The van der Waals surface area contributed by atoms with Gasteiger partial charge in [-0.25, -0.2) is 4.98 Å². The van der Waals surface area contributed by atoms with Crippen molar-refractivity contribution in [2.24, 2.45) is 13.0 Å². The van der Waals surface area contributed by atoms with Gasteiger partial charge in [0.15, 0.2) is 0 Å². The zero-order valence-corrected chi connectivity index (χ0v) is 12.8. The number of aromatic nitrogens is 3. The smallest absolute Gasteiger partial charge is 0.117 e. The maximum absolute atomic E-state index is 4.55. The average molecular weight is 327 g/mol. The maximum atomic E-state index is 4.55. The Labute approximate surface area is 119 Å². The fraction of sp³-hybridized carbons (Fsp3) is 0.500. The summed E-state index contributed by atoms with van der Waals surface area (Å²) in [6.07, 6.45) is 4.47. The minimum Gasteiger partial charge on any atom is -0.373 e. The molecule has 1 atom stereocenters. The van der Waals surface area contributed by atoms with Gasteiger partial charge in [0.1, 0.15) is 9.61 Å². The Hall–Kier alpha value is -0.880. The van der Waals surface area contributed by atoms with Crippen molar-refractivity contribution in [1.82, 2.24) is 14.8 Å². The number of anilines is 1. The number of hydrogen-bond donors (Lipinski definition) is 1. The van der Waals surface area contributed by atoms with Crippen molar-refractivity contribution in [3.63, 3.8) is 0 Å². The van der Waals surface area contributed by atoms with E-state index in [9.17, 15) is 0 Å². The molecule has 0 bridgehead atoms. The molecule has 0 spiro atoms. The monoisotopic (exact) mass is 326 g/mol. The van der Waals surface area contributed by atoms with Gasteiger partial charge in [0.25, 0.3) is 0 Å². The molecule has 0 radical (unpaired) electrons. The van der Waals surface area contributed by atoms with E-state index >= 15 is 0 Å². The molecule has 0 amide bonds. The standard InChI is InChI=1S/C12H15BrN4S/c1-7-9(5-14-17(7)2)15-11(8-3-4-8)12-16-10(13)6-18-12/h5-6,8,11,15H,3-4H2,1-2H3. The Bertz CT molecular complexity index is 558. The van der Waals surface area contributed by atoms with Crippen molar-refractivity contribution in [3.8, 4) is 0 Å². The zero-order chi connectivity index (χ0) is 12.7. The van der Waals surface area contributed by atoms with Crippen LogP contribution in [0.25, 0.3) is 0 Å². The van der Waals surface area contributed by atoms with E-state index in [2.05, 4.69) is 38.3 Å². The predicted octanol–water partition coefficient (Wildman–Crippen LogP) is 3.51. The van der Waals surface area contributed by atoms with Crippen LogP contribution in [0.5, 0.6) is 0 Å². The molecule has 18 heavy (non-hydrogen) atoms. The lowest BCUT2D eigenvalue weighted by Gasteiger charge is -2.16. The fourth-order valence-corrected chi connectivity index (χ4v) is 3.44. The summed E-state index contributed by atoms with van der Waals surface area (Å²) in [5.74, 6) is 0.711. The van der Waals surface area contributed by atoms with Gasteiger partial charge in [0.05, 0.1) is 23.6 Å². The Kier molecular flexibility index (Phi) is 3.15. The van der Waals surface area contributed by atoms with E-state index in [-0.39, 0.29) is 0 Å². The summed E-state index contributed by atoms with van der Waals surface area (Å²) >= 11 is 5.14. The molecule has 1 N–H and O–H groups in total. The van der Waals surface area contributed by atoms with Crippen LogP contribution in [0.15, 0.2) is 16.2 Å². The molecule has 2 aromatic rings. The van der Waals surface area contributed by atoms with Crippen molar-refractivity contribution in [2.45, 2.75) is 25.8 Å². The third-order valence-electron chi connectivity index (χ3n) is 3.40. The van der Waals surface area contributed by atoms with E-state index in [1.165, 1.54) is 12.8 Å². The number of nitrogens with zero attached hydrogens (tertiary/aromatic N) is 3. The van der Waals surface area contributed by atoms with Crippen LogP contribution < -0.4 is 5.32 Å². The molecular weight excluding hydrogens is 312 g/mol. The van der Waals surface area contributed by atoms with E-state index in [1.54, 1.807) is 11.3 Å². The van der Waals surface area contributed by atoms with Crippen molar-refractivity contribution in [3.05, 3.63) is 26.9 Å². The first-order valence-electron chi connectivity index (χ1n) is 6.01. The third-order valence-corrected chi connectivity index (χ3v) is 5.04. The lowest BCUT2D eigenvalue weighted by molar-refractivity contribution is 0.671. The largest absolute Gasteiger partial charge is 0.373 e. The number of aryl methyl sites for hydroxylation is 1. The van der Waals surface area contributed by atoms with Crippen LogP contribution in [0.4, 0.5) is 5.69 Å². The van der Waals surface area contributed by atoms with Gasteiger partial charge in [-0.1, -0.05) is 0 Å². The SMILES string of the molecule is Cc1c(NC(c2nc(Br)cs2)C2CC2)cnn1C. The van der Waals surface area contributed by atoms with Crippen molar-refractivity contribution < 1.29 is 0 Å². The van der Waals surface area contributed by atoms with Gasteiger partial charge >= 0.3 is 0 Å². The first-order chi connectivity index (χ1) is 8.65. The highest BCUT2D eigenvalue weighted by molar-refractivity contribution is 9.10. The first kappa shape index (κ1) is 12.2. The molecule has 4 nitrogen and oxygen atoms in total. The predicted molar refractivity (Wildman–Crippen MR) is 76.8 cm³/mol. The molecule has 96 valence electrons. The average Bonchev–Trinajstić information content (AvgIpc) is 3.03. The first-order valence-corrected chi connectivity index (χ1v) is 7.68. The molecule has 1 aliphatic rings. The molecular formula is C12H15BrN4S. The molecule has 1 aliphatic carbocycles.